The van der Waals surface area contributed by atoms with E-state index >= 15 is 0 Å². The Bertz CT molecular complexity index is 73.5. The fraction of sp³-hybridized carbons (Fsp3) is 1.00. The Morgan fingerprint density at radius 2 is 1.78 bits per heavy atom. The molecule has 0 aromatic carbocycles. The monoisotopic (exact) mass is 138 g/mol. The van der Waals surface area contributed by atoms with Gasteiger partial charge in [-0.2, -0.15) is 0 Å². The predicted octanol–water partition coefficient (Wildman–Crippen LogP) is 1.66. The standard InChI is InChI=1S/C6H12F2O/c1-4(2)3-5(9)6(7)8/h4-6,9H,3H2,1-2H3/t5-/m0/s1. The van der Waals surface area contributed by atoms with Gasteiger partial charge in [-0.3, -0.25) is 0 Å². The van der Waals surface area contributed by atoms with Crippen LogP contribution in [0.4, 0.5) is 8.78 Å². The van der Waals surface area contributed by atoms with Crippen LogP contribution in [0.1, 0.15) is 20.3 Å². The fourth-order valence-corrected chi connectivity index (χ4v) is 0.586. The zero-order valence-corrected chi connectivity index (χ0v) is 5.64. The van der Waals surface area contributed by atoms with Crippen LogP contribution in [0.15, 0.2) is 0 Å². The van der Waals surface area contributed by atoms with Crippen LogP contribution in [0.3, 0.4) is 0 Å². The van der Waals surface area contributed by atoms with E-state index in [0.717, 1.165) is 0 Å². The lowest BCUT2D eigenvalue weighted by molar-refractivity contribution is -0.0151. The Morgan fingerprint density at radius 1 is 1.33 bits per heavy atom. The molecule has 0 bridgehead atoms. The molecule has 0 aliphatic carbocycles. The summed E-state index contributed by atoms with van der Waals surface area (Å²) in [5.41, 5.74) is 0. The maximum absolute atomic E-state index is 11.5. The molecule has 1 atom stereocenters. The van der Waals surface area contributed by atoms with Gasteiger partial charge in [0, 0.05) is 0 Å². The van der Waals surface area contributed by atoms with Crippen molar-refractivity contribution < 1.29 is 13.9 Å². The second-order valence-electron chi connectivity index (χ2n) is 2.53. The minimum Gasteiger partial charge on any atom is -0.387 e. The summed E-state index contributed by atoms with van der Waals surface area (Å²) >= 11 is 0. The third kappa shape index (κ3) is 4.33. The molecule has 0 aromatic heterocycles. The number of halogens is 2. The predicted molar refractivity (Wildman–Crippen MR) is 31.5 cm³/mol. The highest BCUT2D eigenvalue weighted by Crippen LogP contribution is 2.10. The van der Waals surface area contributed by atoms with Crippen molar-refractivity contribution >= 4 is 0 Å². The molecule has 0 saturated carbocycles. The summed E-state index contributed by atoms with van der Waals surface area (Å²) < 4.78 is 23.1. The molecule has 0 heterocycles. The van der Waals surface area contributed by atoms with Crippen LogP contribution in [0.2, 0.25) is 0 Å². The molecular formula is C6H12F2O. The van der Waals surface area contributed by atoms with Crippen molar-refractivity contribution in [3.8, 4) is 0 Å². The molecular weight excluding hydrogens is 126 g/mol. The van der Waals surface area contributed by atoms with Crippen molar-refractivity contribution in [3.05, 3.63) is 0 Å². The topological polar surface area (TPSA) is 20.2 Å². The lowest BCUT2D eigenvalue weighted by Gasteiger charge is -2.10. The minimum absolute atomic E-state index is 0.133. The first-order chi connectivity index (χ1) is 4.04. The van der Waals surface area contributed by atoms with Crippen LogP contribution in [0, 0.1) is 5.92 Å². The average Bonchev–Trinajstić information content (AvgIpc) is 1.63. The van der Waals surface area contributed by atoms with Crippen LogP contribution in [-0.4, -0.2) is 17.6 Å². The Kier molecular flexibility index (Phi) is 3.70. The normalized spacial score (nSPS) is 15.0. The van der Waals surface area contributed by atoms with E-state index in [9.17, 15) is 8.78 Å². The van der Waals surface area contributed by atoms with Crippen LogP contribution in [0.25, 0.3) is 0 Å². The molecule has 0 unspecified atom stereocenters. The van der Waals surface area contributed by atoms with Gasteiger partial charge in [-0.25, -0.2) is 8.78 Å². The fourth-order valence-electron chi connectivity index (χ4n) is 0.586. The van der Waals surface area contributed by atoms with Crippen molar-refractivity contribution in [1.29, 1.82) is 0 Å². The van der Waals surface area contributed by atoms with Gasteiger partial charge in [-0.1, -0.05) is 13.8 Å². The number of hydrogen-bond donors (Lipinski definition) is 1. The lowest BCUT2D eigenvalue weighted by atomic mass is 10.1. The van der Waals surface area contributed by atoms with E-state index in [1.807, 2.05) is 0 Å². The molecule has 1 N–H and O–H groups in total. The minimum atomic E-state index is -2.59. The summed E-state index contributed by atoms with van der Waals surface area (Å²) in [4.78, 5) is 0. The first-order valence-corrected chi connectivity index (χ1v) is 3.00. The van der Waals surface area contributed by atoms with Gasteiger partial charge in [-0.15, -0.1) is 0 Å². The van der Waals surface area contributed by atoms with Crippen LogP contribution >= 0.6 is 0 Å². The summed E-state index contributed by atoms with van der Waals surface area (Å²) in [6.07, 6.45) is -3.85. The van der Waals surface area contributed by atoms with E-state index < -0.39 is 12.5 Å². The third-order valence-corrected chi connectivity index (χ3v) is 1.00. The number of aliphatic hydroxyl groups is 1. The number of rotatable bonds is 3. The van der Waals surface area contributed by atoms with Crippen molar-refractivity contribution in [2.75, 3.05) is 0 Å². The van der Waals surface area contributed by atoms with E-state index in [2.05, 4.69) is 0 Å². The third-order valence-electron chi connectivity index (χ3n) is 1.00. The van der Waals surface area contributed by atoms with Gasteiger partial charge in [0.1, 0.15) is 6.10 Å². The number of alkyl halides is 2. The summed E-state index contributed by atoms with van der Waals surface area (Å²) in [6, 6.07) is 0. The molecule has 0 fully saturated rings. The molecule has 0 saturated heterocycles. The van der Waals surface area contributed by atoms with Gasteiger partial charge in [-0.05, 0) is 12.3 Å². The maximum atomic E-state index is 11.5. The summed E-state index contributed by atoms with van der Waals surface area (Å²) in [5.74, 6) is 0.133. The second-order valence-corrected chi connectivity index (χ2v) is 2.53. The zero-order valence-electron chi connectivity index (χ0n) is 5.64. The summed E-state index contributed by atoms with van der Waals surface area (Å²) in [7, 11) is 0. The van der Waals surface area contributed by atoms with E-state index in [4.69, 9.17) is 5.11 Å². The molecule has 0 aliphatic rings. The van der Waals surface area contributed by atoms with Crippen molar-refractivity contribution in [3.63, 3.8) is 0 Å². The SMILES string of the molecule is CC(C)C[C@H](O)C(F)F. The van der Waals surface area contributed by atoms with Crippen molar-refractivity contribution in [1.82, 2.24) is 0 Å². The van der Waals surface area contributed by atoms with Gasteiger partial charge in [0.25, 0.3) is 6.43 Å². The molecule has 1 nitrogen and oxygen atoms in total. The van der Waals surface area contributed by atoms with Gasteiger partial charge in [0.05, 0.1) is 0 Å². The summed E-state index contributed by atoms with van der Waals surface area (Å²) in [5, 5.41) is 8.55. The second kappa shape index (κ2) is 3.77. The van der Waals surface area contributed by atoms with Crippen molar-refractivity contribution in [2.24, 2.45) is 5.92 Å². The molecule has 0 radical (unpaired) electrons. The smallest absolute Gasteiger partial charge is 0.264 e. The Balaban J connectivity index is 3.38. The van der Waals surface area contributed by atoms with Crippen LogP contribution < -0.4 is 0 Å². The first kappa shape index (κ1) is 8.82. The van der Waals surface area contributed by atoms with Gasteiger partial charge >= 0.3 is 0 Å². The maximum Gasteiger partial charge on any atom is 0.264 e. The summed E-state index contributed by atoms with van der Waals surface area (Å²) in [6.45, 7) is 3.59. The number of aliphatic hydroxyl groups excluding tert-OH is 1. The van der Waals surface area contributed by atoms with Crippen molar-refractivity contribution in [2.45, 2.75) is 32.8 Å². The van der Waals surface area contributed by atoms with Crippen LogP contribution in [0.5, 0.6) is 0 Å². The quantitative estimate of drug-likeness (QED) is 0.628. The van der Waals surface area contributed by atoms with E-state index in [0.29, 0.717) is 0 Å². The Morgan fingerprint density at radius 3 is 1.89 bits per heavy atom. The Hall–Kier alpha value is -0.180. The highest BCUT2D eigenvalue weighted by atomic mass is 19.3. The highest BCUT2D eigenvalue weighted by Gasteiger charge is 2.17. The largest absolute Gasteiger partial charge is 0.387 e. The number of hydrogen-bond acceptors (Lipinski definition) is 1. The average molecular weight is 138 g/mol. The van der Waals surface area contributed by atoms with Gasteiger partial charge in [0.15, 0.2) is 0 Å². The Labute approximate surface area is 53.7 Å². The molecule has 0 aromatic rings. The molecule has 0 amide bonds. The molecule has 9 heavy (non-hydrogen) atoms. The van der Waals surface area contributed by atoms with Crippen LogP contribution in [-0.2, 0) is 0 Å². The molecule has 0 rings (SSSR count). The molecule has 0 aliphatic heterocycles. The van der Waals surface area contributed by atoms with Gasteiger partial charge in [0.2, 0.25) is 0 Å². The molecule has 0 spiro atoms. The lowest BCUT2D eigenvalue weighted by Crippen LogP contribution is -2.19. The molecule has 56 valence electrons. The highest BCUT2D eigenvalue weighted by molar-refractivity contribution is 4.59. The van der Waals surface area contributed by atoms with Gasteiger partial charge < -0.3 is 5.11 Å². The first-order valence-electron chi connectivity index (χ1n) is 3.00. The zero-order chi connectivity index (χ0) is 7.44. The van der Waals surface area contributed by atoms with E-state index in [-0.39, 0.29) is 12.3 Å². The van der Waals surface area contributed by atoms with E-state index in [1.54, 1.807) is 13.8 Å². The molecule has 3 heteroatoms. The van der Waals surface area contributed by atoms with E-state index in [1.165, 1.54) is 0 Å².